The molecule has 21 heavy (non-hydrogen) atoms. The molecule has 0 aliphatic heterocycles. The van der Waals surface area contributed by atoms with E-state index in [1.54, 1.807) is 0 Å². The molecule has 0 bridgehead atoms. The number of aliphatic carboxylic acids is 1. The van der Waals surface area contributed by atoms with Crippen molar-refractivity contribution in [3.63, 3.8) is 0 Å². The van der Waals surface area contributed by atoms with E-state index < -0.39 is 29.7 Å². The van der Waals surface area contributed by atoms with Crippen LogP contribution >= 0.6 is 15.9 Å². The number of benzene rings is 1. The van der Waals surface area contributed by atoms with Gasteiger partial charge in [0.15, 0.2) is 0 Å². The zero-order valence-corrected chi connectivity index (χ0v) is 12.4. The molecule has 0 saturated carbocycles. The van der Waals surface area contributed by atoms with Gasteiger partial charge in [-0.3, -0.25) is 4.79 Å². The van der Waals surface area contributed by atoms with Crippen molar-refractivity contribution < 1.29 is 27.9 Å². The molecule has 0 heterocycles. The van der Waals surface area contributed by atoms with Gasteiger partial charge in [-0.05, 0) is 18.2 Å². The molecule has 0 saturated heterocycles. The minimum atomic E-state index is -4.58. The number of carbonyl (C=O) groups is 2. The Morgan fingerprint density at radius 3 is 2.48 bits per heavy atom. The molecule has 5 nitrogen and oxygen atoms in total. The van der Waals surface area contributed by atoms with Gasteiger partial charge in [-0.2, -0.15) is 13.2 Å². The number of rotatable bonds is 5. The van der Waals surface area contributed by atoms with Gasteiger partial charge >= 0.3 is 12.1 Å². The smallest absolute Gasteiger partial charge is 0.418 e. The first-order chi connectivity index (χ1) is 9.61. The predicted octanol–water partition coefficient (Wildman–Crippen LogP) is 2.47. The van der Waals surface area contributed by atoms with Crippen molar-refractivity contribution in [1.82, 2.24) is 5.32 Å². The van der Waals surface area contributed by atoms with Crippen LogP contribution in [0.4, 0.5) is 18.9 Å². The number of alkyl halides is 3. The standard InChI is InChI=1S/C12H12BrF3N2O3/c1-6(19)18-10(11(20)21)5-17-9-3-2-7(13)4-8(9)12(14,15)16/h2-4,10,17H,5H2,1H3,(H,18,19)(H,20,21). The minimum Gasteiger partial charge on any atom is -0.480 e. The van der Waals surface area contributed by atoms with Gasteiger partial charge < -0.3 is 15.7 Å². The molecular formula is C12H12BrF3N2O3. The third kappa shape index (κ3) is 5.25. The fraction of sp³-hybridized carbons (Fsp3) is 0.333. The third-order valence-electron chi connectivity index (χ3n) is 2.46. The number of amides is 1. The number of carboxylic acid groups (broad SMARTS) is 1. The molecule has 1 atom stereocenters. The van der Waals surface area contributed by atoms with Gasteiger partial charge in [0.25, 0.3) is 0 Å². The second-order valence-electron chi connectivity index (χ2n) is 4.16. The van der Waals surface area contributed by atoms with Gasteiger partial charge in [0.05, 0.1) is 5.56 Å². The van der Waals surface area contributed by atoms with Crippen molar-refractivity contribution in [1.29, 1.82) is 0 Å². The number of nitrogens with one attached hydrogen (secondary N) is 2. The number of halogens is 4. The molecular weight excluding hydrogens is 357 g/mol. The Kier molecular flexibility index (Phi) is 5.59. The predicted molar refractivity (Wildman–Crippen MR) is 72.9 cm³/mol. The third-order valence-corrected chi connectivity index (χ3v) is 2.95. The van der Waals surface area contributed by atoms with E-state index in [-0.39, 0.29) is 16.7 Å². The SMILES string of the molecule is CC(=O)NC(CNc1ccc(Br)cc1C(F)(F)F)C(=O)O. The molecule has 1 rings (SSSR count). The van der Waals surface area contributed by atoms with Crippen LogP contribution in [0.15, 0.2) is 22.7 Å². The first kappa shape index (κ1) is 17.3. The lowest BCUT2D eigenvalue weighted by Crippen LogP contribution is -2.44. The van der Waals surface area contributed by atoms with Crippen molar-refractivity contribution in [3.05, 3.63) is 28.2 Å². The summed E-state index contributed by atoms with van der Waals surface area (Å²) >= 11 is 2.95. The topological polar surface area (TPSA) is 78.4 Å². The highest BCUT2D eigenvalue weighted by Crippen LogP contribution is 2.36. The maximum Gasteiger partial charge on any atom is 0.418 e. The Bertz CT molecular complexity index is 549. The maximum absolute atomic E-state index is 12.9. The molecule has 0 spiro atoms. The van der Waals surface area contributed by atoms with Crippen molar-refractivity contribution in [2.45, 2.75) is 19.1 Å². The van der Waals surface area contributed by atoms with E-state index in [2.05, 4.69) is 26.6 Å². The summed E-state index contributed by atoms with van der Waals surface area (Å²) in [6, 6.07) is 2.13. The summed E-state index contributed by atoms with van der Waals surface area (Å²) in [6.45, 7) is 0.746. The lowest BCUT2D eigenvalue weighted by molar-refractivity contribution is -0.141. The number of hydrogen-bond acceptors (Lipinski definition) is 3. The Labute approximate surface area is 126 Å². The van der Waals surface area contributed by atoms with E-state index >= 15 is 0 Å². The number of carbonyl (C=O) groups excluding carboxylic acids is 1. The fourth-order valence-electron chi connectivity index (χ4n) is 1.56. The van der Waals surface area contributed by atoms with Crippen LogP contribution in [0.1, 0.15) is 12.5 Å². The van der Waals surface area contributed by atoms with Crippen LogP contribution in [0, 0.1) is 0 Å². The Hall–Kier alpha value is -1.77. The quantitative estimate of drug-likeness (QED) is 0.745. The zero-order valence-electron chi connectivity index (χ0n) is 10.8. The van der Waals surface area contributed by atoms with E-state index in [1.807, 2.05) is 0 Å². The normalized spacial score (nSPS) is 12.6. The fourth-order valence-corrected chi connectivity index (χ4v) is 1.92. The summed E-state index contributed by atoms with van der Waals surface area (Å²) in [5, 5.41) is 13.4. The lowest BCUT2D eigenvalue weighted by atomic mass is 10.1. The van der Waals surface area contributed by atoms with E-state index in [0.29, 0.717) is 0 Å². The molecule has 1 amide bonds. The van der Waals surface area contributed by atoms with Gasteiger partial charge in [-0.1, -0.05) is 15.9 Å². The summed E-state index contributed by atoms with van der Waals surface area (Å²) in [4.78, 5) is 21.8. The van der Waals surface area contributed by atoms with Crippen LogP contribution in [0.3, 0.4) is 0 Å². The molecule has 0 aliphatic rings. The summed E-state index contributed by atoms with van der Waals surface area (Å²) in [5.41, 5.74) is -1.19. The molecule has 1 aromatic carbocycles. The van der Waals surface area contributed by atoms with Crippen molar-refractivity contribution in [3.8, 4) is 0 Å². The number of anilines is 1. The van der Waals surface area contributed by atoms with Crippen molar-refractivity contribution >= 4 is 33.5 Å². The molecule has 1 aromatic rings. The molecule has 9 heteroatoms. The first-order valence-electron chi connectivity index (χ1n) is 5.71. The van der Waals surface area contributed by atoms with Crippen LogP contribution < -0.4 is 10.6 Å². The average molecular weight is 369 g/mol. The average Bonchev–Trinajstić information content (AvgIpc) is 2.33. The van der Waals surface area contributed by atoms with E-state index in [9.17, 15) is 22.8 Å². The van der Waals surface area contributed by atoms with Crippen LogP contribution in [0.25, 0.3) is 0 Å². The zero-order chi connectivity index (χ0) is 16.2. The highest BCUT2D eigenvalue weighted by atomic mass is 79.9. The minimum absolute atomic E-state index is 0.247. The molecule has 116 valence electrons. The van der Waals surface area contributed by atoms with Crippen molar-refractivity contribution in [2.75, 3.05) is 11.9 Å². The van der Waals surface area contributed by atoms with Gasteiger partial charge in [0.2, 0.25) is 5.91 Å². The van der Waals surface area contributed by atoms with Crippen LogP contribution in [0.2, 0.25) is 0 Å². The lowest BCUT2D eigenvalue weighted by Gasteiger charge is -2.18. The molecule has 1 unspecified atom stereocenters. The molecule has 3 N–H and O–H groups in total. The van der Waals surface area contributed by atoms with Gasteiger partial charge in [-0.25, -0.2) is 4.79 Å². The molecule has 0 fully saturated rings. The van der Waals surface area contributed by atoms with Crippen LogP contribution in [-0.2, 0) is 15.8 Å². The van der Waals surface area contributed by atoms with Gasteiger partial charge in [0, 0.05) is 23.6 Å². The maximum atomic E-state index is 12.9. The van der Waals surface area contributed by atoms with Crippen molar-refractivity contribution in [2.24, 2.45) is 0 Å². The first-order valence-corrected chi connectivity index (χ1v) is 6.51. The van der Waals surface area contributed by atoms with Crippen LogP contribution in [-0.4, -0.2) is 29.6 Å². The van der Waals surface area contributed by atoms with Gasteiger partial charge in [-0.15, -0.1) is 0 Å². The Balaban J connectivity index is 2.92. The van der Waals surface area contributed by atoms with Crippen LogP contribution in [0.5, 0.6) is 0 Å². The summed E-state index contributed by atoms with van der Waals surface area (Å²) in [5.74, 6) is -1.93. The second kappa shape index (κ2) is 6.79. The molecule has 0 aliphatic carbocycles. The number of hydrogen-bond donors (Lipinski definition) is 3. The highest BCUT2D eigenvalue weighted by molar-refractivity contribution is 9.10. The summed E-state index contributed by atoms with van der Waals surface area (Å²) in [7, 11) is 0. The molecule has 0 radical (unpaired) electrons. The summed E-state index contributed by atoms with van der Waals surface area (Å²) in [6.07, 6.45) is -4.58. The summed E-state index contributed by atoms with van der Waals surface area (Å²) < 4.78 is 38.9. The Morgan fingerprint density at radius 2 is 2.00 bits per heavy atom. The molecule has 0 aromatic heterocycles. The second-order valence-corrected chi connectivity index (χ2v) is 5.08. The number of carboxylic acids is 1. The monoisotopic (exact) mass is 368 g/mol. The van der Waals surface area contributed by atoms with Gasteiger partial charge in [0.1, 0.15) is 6.04 Å². The van der Waals surface area contributed by atoms with E-state index in [4.69, 9.17) is 5.11 Å². The largest absolute Gasteiger partial charge is 0.480 e. The Morgan fingerprint density at radius 1 is 1.38 bits per heavy atom. The van der Waals surface area contributed by atoms with E-state index in [0.717, 1.165) is 13.0 Å². The highest BCUT2D eigenvalue weighted by Gasteiger charge is 2.34. The van der Waals surface area contributed by atoms with E-state index in [1.165, 1.54) is 12.1 Å².